The molecule has 2 nitrogen and oxygen atoms in total. The van der Waals surface area contributed by atoms with Crippen LogP contribution in [0.4, 0.5) is 4.39 Å². The average Bonchev–Trinajstić information content (AvgIpc) is 2.31. The zero-order valence-electron chi connectivity index (χ0n) is 11.0. The molecule has 1 aromatic rings. The fraction of sp³-hybridized carbons (Fsp3) is 0.571. The van der Waals surface area contributed by atoms with Crippen molar-refractivity contribution in [2.24, 2.45) is 5.73 Å². The number of hydrogen-bond donors (Lipinski definition) is 1. The summed E-state index contributed by atoms with van der Waals surface area (Å²) >= 11 is 0. The maximum absolute atomic E-state index is 13.7. The average molecular weight is 238 g/mol. The summed E-state index contributed by atoms with van der Waals surface area (Å²) in [4.78, 5) is 2.28. The van der Waals surface area contributed by atoms with E-state index in [1.807, 2.05) is 6.07 Å². The molecule has 0 aliphatic rings. The van der Waals surface area contributed by atoms with Crippen LogP contribution < -0.4 is 5.73 Å². The summed E-state index contributed by atoms with van der Waals surface area (Å²) in [5.74, 6) is -0.135. The van der Waals surface area contributed by atoms with Gasteiger partial charge in [-0.3, -0.25) is 4.90 Å². The van der Waals surface area contributed by atoms with Gasteiger partial charge in [-0.05, 0) is 38.4 Å². The molecule has 0 aromatic heterocycles. The van der Waals surface area contributed by atoms with Crippen LogP contribution in [0.2, 0.25) is 0 Å². The second-order valence-corrected chi connectivity index (χ2v) is 4.69. The van der Waals surface area contributed by atoms with Gasteiger partial charge in [0.2, 0.25) is 0 Å². The molecule has 1 aromatic carbocycles. The molecule has 0 aliphatic carbocycles. The van der Waals surface area contributed by atoms with E-state index in [1.54, 1.807) is 6.07 Å². The van der Waals surface area contributed by atoms with E-state index in [2.05, 4.69) is 25.7 Å². The second kappa shape index (κ2) is 6.72. The van der Waals surface area contributed by atoms with Crippen molar-refractivity contribution in [3.63, 3.8) is 0 Å². The Bertz CT molecular complexity index is 350. The number of rotatable bonds is 6. The van der Waals surface area contributed by atoms with Gasteiger partial charge in [0.15, 0.2) is 0 Å². The molecular weight excluding hydrogens is 215 g/mol. The van der Waals surface area contributed by atoms with Crippen LogP contribution in [0, 0.1) is 5.82 Å². The van der Waals surface area contributed by atoms with Gasteiger partial charge in [0.25, 0.3) is 0 Å². The summed E-state index contributed by atoms with van der Waals surface area (Å²) in [6.45, 7) is 8.53. The predicted molar refractivity (Wildman–Crippen MR) is 70.1 cm³/mol. The van der Waals surface area contributed by atoms with Crippen LogP contribution in [-0.4, -0.2) is 17.5 Å². The van der Waals surface area contributed by atoms with E-state index in [9.17, 15) is 4.39 Å². The highest BCUT2D eigenvalue weighted by Crippen LogP contribution is 2.15. The van der Waals surface area contributed by atoms with Crippen LogP contribution in [0.15, 0.2) is 18.2 Å². The SMILES string of the molecule is CCCN(Cc1cc(CN)ccc1F)C(C)C. The van der Waals surface area contributed by atoms with Crippen molar-refractivity contribution in [2.75, 3.05) is 6.54 Å². The standard InChI is InChI=1S/C14H23FN2/c1-4-7-17(11(2)3)10-13-8-12(9-16)5-6-14(13)15/h5-6,8,11H,4,7,9-10,16H2,1-3H3. The summed E-state index contributed by atoms with van der Waals surface area (Å²) in [6.07, 6.45) is 1.08. The zero-order valence-corrected chi connectivity index (χ0v) is 11.0. The van der Waals surface area contributed by atoms with Crippen molar-refractivity contribution in [2.45, 2.75) is 46.3 Å². The zero-order chi connectivity index (χ0) is 12.8. The lowest BCUT2D eigenvalue weighted by atomic mass is 10.1. The smallest absolute Gasteiger partial charge is 0.127 e. The number of hydrogen-bond acceptors (Lipinski definition) is 2. The van der Waals surface area contributed by atoms with Gasteiger partial charge in [0, 0.05) is 24.7 Å². The van der Waals surface area contributed by atoms with Crippen LogP contribution in [0.5, 0.6) is 0 Å². The normalized spacial score (nSPS) is 11.5. The first kappa shape index (κ1) is 14.1. The highest BCUT2D eigenvalue weighted by Gasteiger charge is 2.12. The fourth-order valence-corrected chi connectivity index (χ4v) is 1.90. The first-order valence-electron chi connectivity index (χ1n) is 6.29. The first-order valence-corrected chi connectivity index (χ1v) is 6.29. The minimum atomic E-state index is -0.135. The van der Waals surface area contributed by atoms with Gasteiger partial charge in [-0.15, -0.1) is 0 Å². The van der Waals surface area contributed by atoms with Gasteiger partial charge in [-0.1, -0.05) is 19.1 Å². The van der Waals surface area contributed by atoms with E-state index in [0.29, 0.717) is 19.1 Å². The molecule has 0 fully saturated rings. The van der Waals surface area contributed by atoms with E-state index >= 15 is 0 Å². The molecule has 96 valence electrons. The lowest BCUT2D eigenvalue weighted by molar-refractivity contribution is 0.210. The van der Waals surface area contributed by atoms with Gasteiger partial charge in [-0.2, -0.15) is 0 Å². The molecule has 0 unspecified atom stereocenters. The Balaban J connectivity index is 2.84. The molecule has 0 saturated heterocycles. The van der Waals surface area contributed by atoms with Crippen molar-refractivity contribution in [1.82, 2.24) is 4.90 Å². The number of nitrogens with zero attached hydrogens (tertiary/aromatic N) is 1. The topological polar surface area (TPSA) is 29.3 Å². The minimum Gasteiger partial charge on any atom is -0.326 e. The summed E-state index contributed by atoms with van der Waals surface area (Å²) in [7, 11) is 0. The van der Waals surface area contributed by atoms with Crippen molar-refractivity contribution >= 4 is 0 Å². The third kappa shape index (κ3) is 4.10. The molecular formula is C14H23FN2. The van der Waals surface area contributed by atoms with E-state index in [0.717, 1.165) is 24.1 Å². The Hall–Kier alpha value is -0.930. The predicted octanol–water partition coefficient (Wildman–Crippen LogP) is 2.90. The molecule has 2 N–H and O–H groups in total. The summed E-state index contributed by atoms with van der Waals surface area (Å²) < 4.78 is 13.7. The Labute approximate surface area is 104 Å². The van der Waals surface area contributed by atoms with E-state index in [4.69, 9.17) is 5.73 Å². The van der Waals surface area contributed by atoms with Gasteiger partial charge < -0.3 is 5.73 Å². The highest BCUT2D eigenvalue weighted by molar-refractivity contribution is 5.25. The van der Waals surface area contributed by atoms with Crippen molar-refractivity contribution in [1.29, 1.82) is 0 Å². The lowest BCUT2D eigenvalue weighted by Gasteiger charge is -2.26. The van der Waals surface area contributed by atoms with E-state index in [1.165, 1.54) is 6.07 Å². The van der Waals surface area contributed by atoms with Crippen molar-refractivity contribution in [3.05, 3.63) is 35.1 Å². The van der Waals surface area contributed by atoms with Crippen LogP contribution in [0.25, 0.3) is 0 Å². The monoisotopic (exact) mass is 238 g/mol. The first-order chi connectivity index (χ1) is 8.08. The highest BCUT2D eigenvalue weighted by atomic mass is 19.1. The molecule has 0 heterocycles. The third-order valence-electron chi connectivity index (χ3n) is 2.96. The molecule has 17 heavy (non-hydrogen) atoms. The van der Waals surface area contributed by atoms with E-state index < -0.39 is 0 Å². The minimum absolute atomic E-state index is 0.135. The summed E-state index contributed by atoms with van der Waals surface area (Å²) in [6, 6.07) is 5.57. The molecule has 0 spiro atoms. The van der Waals surface area contributed by atoms with Crippen LogP contribution in [0.1, 0.15) is 38.3 Å². The van der Waals surface area contributed by atoms with Gasteiger partial charge in [0.05, 0.1) is 0 Å². The fourth-order valence-electron chi connectivity index (χ4n) is 1.90. The quantitative estimate of drug-likeness (QED) is 0.825. The van der Waals surface area contributed by atoms with Gasteiger partial charge in [0.1, 0.15) is 5.82 Å². The Morgan fingerprint density at radius 2 is 2.06 bits per heavy atom. The van der Waals surface area contributed by atoms with Crippen LogP contribution in [-0.2, 0) is 13.1 Å². The Kier molecular flexibility index (Phi) is 5.59. The molecule has 0 radical (unpaired) electrons. The second-order valence-electron chi connectivity index (χ2n) is 4.69. The Morgan fingerprint density at radius 1 is 1.35 bits per heavy atom. The molecule has 0 atom stereocenters. The summed E-state index contributed by atoms with van der Waals surface area (Å²) in [5.41, 5.74) is 7.32. The Morgan fingerprint density at radius 3 is 2.59 bits per heavy atom. The molecule has 0 amide bonds. The maximum atomic E-state index is 13.7. The van der Waals surface area contributed by atoms with Crippen molar-refractivity contribution in [3.8, 4) is 0 Å². The van der Waals surface area contributed by atoms with Crippen molar-refractivity contribution < 1.29 is 4.39 Å². The third-order valence-corrected chi connectivity index (χ3v) is 2.96. The molecule has 0 bridgehead atoms. The maximum Gasteiger partial charge on any atom is 0.127 e. The molecule has 3 heteroatoms. The number of nitrogens with two attached hydrogens (primary N) is 1. The lowest BCUT2D eigenvalue weighted by Crippen LogP contribution is -2.31. The van der Waals surface area contributed by atoms with Crippen LogP contribution >= 0.6 is 0 Å². The van der Waals surface area contributed by atoms with E-state index in [-0.39, 0.29) is 5.82 Å². The van der Waals surface area contributed by atoms with Crippen LogP contribution in [0.3, 0.4) is 0 Å². The largest absolute Gasteiger partial charge is 0.326 e. The molecule has 0 aliphatic heterocycles. The summed E-state index contributed by atoms with van der Waals surface area (Å²) in [5, 5.41) is 0. The number of benzene rings is 1. The number of halogens is 1. The molecule has 0 saturated carbocycles. The van der Waals surface area contributed by atoms with Gasteiger partial charge >= 0.3 is 0 Å². The van der Waals surface area contributed by atoms with Gasteiger partial charge in [-0.25, -0.2) is 4.39 Å². The molecule has 1 rings (SSSR count).